The van der Waals surface area contributed by atoms with Gasteiger partial charge in [0.25, 0.3) is 5.91 Å². The van der Waals surface area contributed by atoms with Gasteiger partial charge in [-0.05, 0) is 38.0 Å². The van der Waals surface area contributed by atoms with Gasteiger partial charge in [0.05, 0.1) is 17.5 Å². The SMILES string of the molecule is CC1Sc2ccc(C(=O)N3CCCC(N4CCNCC4=O)C3)cc2NC1=O.Cl. The highest BCUT2D eigenvalue weighted by atomic mass is 35.5. The summed E-state index contributed by atoms with van der Waals surface area (Å²) in [7, 11) is 0. The quantitative estimate of drug-likeness (QED) is 0.753. The summed E-state index contributed by atoms with van der Waals surface area (Å²) >= 11 is 1.51. The first-order valence-electron chi connectivity index (χ1n) is 9.44. The third kappa shape index (κ3) is 4.14. The van der Waals surface area contributed by atoms with E-state index in [4.69, 9.17) is 0 Å². The molecule has 3 aliphatic rings. The highest BCUT2D eigenvalue weighted by molar-refractivity contribution is 8.00. The second kappa shape index (κ2) is 8.71. The molecular formula is C19H25ClN4O3S. The van der Waals surface area contributed by atoms with Crippen LogP contribution < -0.4 is 10.6 Å². The number of benzene rings is 1. The van der Waals surface area contributed by atoms with Crippen LogP contribution in [-0.4, -0.2) is 71.5 Å². The lowest BCUT2D eigenvalue weighted by Gasteiger charge is -2.41. The zero-order valence-corrected chi connectivity index (χ0v) is 17.4. The van der Waals surface area contributed by atoms with E-state index in [9.17, 15) is 14.4 Å². The Morgan fingerprint density at radius 1 is 1.25 bits per heavy atom. The molecule has 0 radical (unpaired) electrons. The summed E-state index contributed by atoms with van der Waals surface area (Å²) in [6.45, 7) is 5.02. The van der Waals surface area contributed by atoms with Crippen molar-refractivity contribution in [2.45, 2.75) is 36.0 Å². The Bertz CT molecular complexity index is 790. The normalized spacial score (nSPS) is 24.9. The molecule has 9 heteroatoms. The number of rotatable bonds is 2. The largest absolute Gasteiger partial charge is 0.337 e. The lowest BCUT2D eigenvalue weighted by molar-refractivity contribution is -0.135. The number of piperidine rings is 1. The number of hydrogen-bond acceptors (Lipinski definition) is 5. The van der Waals surface area contributed by atoms with Crippen LogP contribution in [0.4, 0.5) is 5.69 Å². The number of anilines is 1. The van der Waals surface area contributed by atoms with Crippen LogP contribution in [0.5, 0.6) is 0 Å². The fraction of sp³-hybridized carbons (Fsp3) is 0.526. The monoisotopic (exact) mass is 424 g/mol. The number of hydrogen-bond donors (Lipinski definition) is 2. The summed E-state index contributed by atoms with van der Waals surface area (Å²) in [5, 5.41) is 5.85. The molecule has 2 unspecified atom stereocenters. The number of carbonyl (C=O) groups is 3. The molecular weight excluding hydrogens is 400 g/mol. The predicted molar refractivity (Wildman–Crippen MR) is 111 cm³/mol. The maximum Gasteiger partial charge on any atom is 0.254 e. The van der Waals surface area contributed by atoms with E-state index in [0.717, 1.165) is 24.3 Å². The van der Waals surface area contributed by atoms with Crippen LogP contribution in [0.25, 0.3) is 0 Å². The highest BCUT2D eigenvalue weighted by Gasteiger charge is 2.32. The van der Waals surface area contributed by atoms with Crippen LogP contribution in [0.2, 0.25) is 0 Å². The molecule has 2 atom stereocenters. The first-order valence-corrected chi connectivity index (χ1v) is 10.3. The summed E-state index contributed by atoms with van der Waals surface area (Å²) in [5.74, 6) is 0.0403. The number of nitrogens with zero attached hydrogens (tertiary/aromatic N) is 2. The first-order chi connectivity index (χ1) is 13.0. The van der Waals surface area contributed by atoms with Crippen molar-refractivity contribution in [2.24, 2.45) is 0 Å². The van der Waals surface area contributed by atoms with Crippen LogP contribution >= 0.6 is 24.2 Å². The Hall–Kier alpha value is -1.77. The summed E-state index contributed by atoms with van der Waals surface area (Å²) in [4.78, 5) is 41.9. The van der Waals surface area contributed by atoms with Crippen molar-refractivity contribution in [1.82, 2.24) is 15.1 Å². The van der Waals surface area contributed by atoms with E-state index in [2.05, 4.69) is 10.6 Å². The third-order valence-electron chi connectivity index (χ3n) is 5.41. The van der Waals surface area contributed by atoms with Gasteiger partial charge in [-0.15, -0.1) is 24.2 Å². The van der Waals surface area contributed by atoms with Crippen molar-refractivity contribution < 1.29 is 14.4 Å². The predicted octanol–water partition coefficient (Wildman–Crippen LogP) is 1.58. The van der Waals surface area contributed by atoms with E-state index in [-0.39, 0.29) is 41.4 Å². The Labute approximate surface area is 175 Å². The van der Waals surface area contributed by atoms with Crippen LogP contribution in [0.15, 0.2) is 23.1 Å². The zero-order valence-electron chi connectivity index (χ0n) is 15.8. The number of amides is 3. The average Bonchev–Trinajstić information content (AvgIpc) is 2.68. The molecule has 7 nitrogen and oxygen atoms in total. The molecule has 3 amide bonds. The summed E-state index contributed by atoms with van der Waals surface area (Å²) in [6.07, 6.45) is 1.83. The lowest BCUT2D eigenvalue weighted by atomic mass is 10.0. The van der Waals surface area contributed by atoms with Gasteiger partial charge in [-0.2, -0.15) is 0 Å². The van der Waals surface area contributed by atoms with Crippen LogP contribution in [0.1, 0.15) is 30.1 Å². The topological polar surface area (TPSA) is 81.8 Å². The lowest BCUT2D eigenvalue weighted by Crippen LogP contribution is -2.57. The summed E-state index contributed by atoms with van der Waals surface area (Å²) in [6, 6.07) is 5.60. The molecule has 2 saturated heterocycles. The molecule has 1 aromatic rings. The molecule has 4 rings (SSSR count). The van der Waals surface area contributed by atoms with Gasteiger partial charge in [-0.3, -0.25) is 14.4 Å². The van der Waals surface area contributed by atoms with Crippen molar-refractivity contribution in [3.05, 3.63) is 23.8 Å². The molecule has 152 valence electrons. The molecule has 2 fully saturated rings. The minimum absolute atomic E-state index is 0. The molecule has 0 aliphatic carbocycles. The fourth-order valence-electron chi connectivity index (χ4n) is 3.93. The van der Waals surface area contributed by atoms with E-state index in [0.29, 0.717) is 37.4 Å². The van der Waals surface area contributed by atoms with Crippen LogP contribution in [0.3, 0.4) is 0 Å². The first kappa shape index (κ1) is 21.0. The number of thioether (sulfide) groups is 1. The van der Waals surface area contributed by atoms with Crippen molar-refractivity contribution in [2.75, 3.05) is 38.0 Å². The molecule has 0 saturated carbocycles. The number of halogens is 1. The van der Waals surface area contributed by atoms with Crippen molar-refractivity contribution in [3.63, 3.8) is 0 Å². The molecule has 28 heavy (non-hydrogen) atoms. The van der Waals surface area contributed by atoms with E-state index in [1.807, 2.05) is 28.9 Å². The fourth-order valence-corrected chi connectivity index (χ4v) is 4.86. The Kier molecular flexibility index (Phi) is 6.52. The van der Waals surface area contributed by atoms with Gasteiger partial charge in [-0.25, -0.2) is 0 Å². The molecule has 0 aromatic heterocycles. The standard InChI is InChI=1S/C19H24N4O3S.ClH/c1-12-18(25)21-15-9-13(4-5-16(15)27-12)19(26)22-7-2-3-14(11-22)23-8-6-20-10-17(23)24;/h4-5,9,12,14,20H,2-3,6-8,10-11H2,1H3,(H,21,25);1H. The van der Waals surface area contributed by atoms with E-state index in [1.165, 1.54) is 11.8 Å². The smallest absolute Gasteiger partial charge is 0.254 e. The maximum atomic E-state index is 13.0. The Morgan fingerprint density at radius 2 is 2.07 bits per heavy atom. The molecule has 0 spiro atoms. The van der Waals surface area contributed by atoms with Gasteiger partial charge in [-0.1, -0.05) is 0 Å². The number of nitrogens with one attached hydrogen (secondary N) is 2. The van der Waals surface area contributed by atoms with Crippen molar-refractivity contribution >= 4 is 47.6 Å². The number of carbonyl (C=O) groups excluding carboxylic acids is 3. The number of fused-ring (bicyclic) bond motifs is 1. The van der Waals surface area contributed by atoms with E-state index < -0.39 is 0 Å². The summed E-state index contributed by atoms with van der Waals surface area (Å²) < 4.78 is 0. The second-order valence-corrected chi connectivity index (χ2v) is 8.65. The van der Waals surface area contributed by atoms with Gasteiger partial charge in [0.2, 0.25) is 11.8 Å². The van der Waals surface area contributed by atoms with Crippen molar-refractivity contribution in [1.29, 1.82) is 0 Å². The number of piperazine rings is 1. The maximum absolute atomic E-state index is 13.0. The van der Waals surface area contributed by atoms with Gasteiger partial charge in [0.1, 0.15) is 0 Å². The Balaban J connectivity index is 0.00000225. The molecule has 1 aromatic carbocycles. The third-order valence-corrected chi connectivity index (χ3v) is 6.59. The van der Waals surface area contributed by atoms with Crippen LogP contribution in [0, 0.1) is 0 Å². The molecule has 3 aliphatic heterocycles. The molecule has 2 N–H and O–H groups in total. The molecule has 3 heterocycles. The zero-order chi connectivity index (χ0) is 19.0. The minimum Gasteiger partial charge on any atom is -0.337 e. The second-order valence-electron chi connectivity index (χ2n) is 7.27. The van der Waals surface area contributed by atoms with E-state index >= 15 is 0 Å². The van der Waals surface area contributed by atoms with Crippen LogP contribution in [-0.2, 0) is 9.59 Å². The van der Waals surface area contributed by atoms with Gasteiger partial charge in [0.15, 0.2) is 0 Å². The number of likely N-dealkylation sites (tertiary alicyclic amines) is 1. The van der Waals surface area contributed by atoms with Gasteiger partial charge < -0.3 is 20.4 Å². The van der Waals surface area contributed by atoms with Crippen molar-refractivity contribution in [3.8, 4) is 0 Å². The van der Waals surface area contributed by atoms with Gasteiger partial charge in [0, 0.05) is 42.7 Å². The molecule has 0 bridgehead atoms. The minimum atomic E-state index is -0.126. The van der Waals surface area contributed by atoms with E-state index in [1.54, 1.807) is 6.07 Å². The highest BCUT2D eigenvalue weighted by Crippen LogP contribution is 2.36. The average molecular weight is 425 g/mol. The summed E-state index contributed by atoms with van der Waals surface area (Å²) in [5.41, 5.74) is 1.29. The van der Waals surface area contributed by atoms with Gasteiger partial charge >= 0.3 is 0 Å². The Morgan fingerprint density at radius 3 is 2.86 bits per heavy atom.